The minimum atomic E-state index is -0.270. The zero-order valence-corrected chi connectivity index (χ0v) is 10.1. The van der Waals surface area contributed by atoms with Crippen molar-refractivity contribution in [2.24, 2.45) is 0 Å². The molecule has 0 saturated heterocycles. The Morgan fingerprint density at radius 3 is 2.72 bits per heavy atom. The Bertz CT molecular complexity index is 528. The van der Waals surface area contributed by atoms with Crippen molar-refractivity contribution >= 4 is 17.5 Å². The summed E-state index contributed by atoms with van der Waals surface area (Å²) in [5, 5.41) is 5.75. The lowest BCUT2D eigenvalue weighted by Crippen LogP contribution is -2.15. The van der Waals surface area contributed by atoms with Crippen molar-refractivity contribution < 1.29 is 4.79 Å². The average Bonchev–Trinajstić information content (AvgIpc) is 2.40. The Hall–Kier alpha value is -2.43. The molecule has 0 aliphatic carbocycles. The van der Waals surface area contributed by atoms with E-state index in [-0.39, 0.29) is 5.91 Å². The first-order valence-electron chi connectivity index (χ1n) is 5.73. The summed E-state index contributed by atoms with van der Waals surface area (Å²) in [6, 6.07) is 10.6. The van der Waals surface area contributed by atoms with Crippen LogP contribution in [0.1, 0.15) is 17.4 Å². The van der Waals surface area contributed by atoms with Crippen LogP contribution in [-0.2, 0) is 0 Å². The van der Waals surface area contributed by atoms with Gasteiger partial charge < -0.3 is 10.6 Å². The number of aromatic nitrogens is 2. The highest BCUT2D eigenvalue weighted by Crippen LogP contribution is 2.07. The van der Waals surface area contributed by atoms with E-state index in [0.29, 0.717) is 17.3 Å². The van der Waals surface area contributed by atoms with Crippen LogP contribution in [0.4, 0.5) is 11.6 Å². The van der Waals surface area contributed by atoms with E-state index in [1.54, 1.807) is 30.5 Å². The third-order valence-electron chi connectivity index (χ3n) is 2.25. The van der Waals surface area contributed by atoms with Gasteiger partial charge in [0.2, 0.25) is 0 Å². The number of hydrogen-bond acceptors (Lipinski definition) is 4. The highest BCUT2D eigenvalue weighted by Gasteiger charge is 2.08. The minimum Gasteiger partial charge on any atom is -0.370 e. The van der Waals surface area contributed by atoms with Crippen LogP contribution in [-0.4, -0.2) is 22.4 Å². The number of amides is 1. The third-order valence-corrected chi connectivity index (χ3v) is 2.25. The topological polar surface area (TPSA) is 66.9 Å². The van der Waals surface area contributed by atoms with Gasteiger partial charge in [0.1, 0.15) is 17.3 Å². The first kappa shape index (κ1) is 12.0. The lowest BCUT2D eigenvalue weighted by atomic mass is 10.3. The van der Waals surface area contributed by atoms with Crippen LogP contribution in [0.2, 0.25) is 0 Å². The molecule has 5 nitrogen and oxygen atoms in total. The molecular weight excluding hydrogens is 228 g/mol. The smallest absolute Gasteiger partial charge is 0.275 e. The van der Waals surface area contributed by atoms with E-state index in [9.17, 15) is 4.79 Å². The molecule has 2 aromatic rings. The van der Waals surface area contributed by atoms with Gasteiger partial charge in [0, 0.05) is 12.7 Å². The Kier molecular flexibility index (Phi) is 3.86. The van der Waals surface area contributed by atoms with Crippen molar-refractivity contribution in [2.45, 2.75) is 6.92 Å². The normalized spacial score (nSPS) is 9.83. The summed E-state index contributed by atoms with van der Waals surface area (Å²) in [4.78, 5) is 20.2. The third kappa shape index (κ3) is 3.04. The van der Waals surface area contributed by atoms with E-state index in [0.717, 1.165) is 6.54 Å². The highest BCUT2D eigenvalue weighted by atomic mass is 16.1. The maximum Gasteiger partial charge on any atom is 0.275 e. The molecule has 5 heteroatoms. The molecular formula is C13H14N4O. The number of anilines is 2. The minimum absolute atomic E-state index is 0.270. The molecule has 0 spiro atoms. The molecule has 0 aliphatic heterocycles. The van der Waals surface area contributed by atoms with E-state index in [1.165, 1.54) is 0 Å². The lowest BCUT2D eigenvalue weighted by Gasteiger charge is -2.06. The SMILES string of the molecule is CCNc1cccc(C(=O)Nc2ccccn2)n1. The molecule has 0 atom stereocenters. The number of carbonyl (C=O) groups excluding carboxylic acids is 1. The highest BCUT2D eigenvalue weighted by molar-refractivity contribution is 6.02. The second kappa shape index (κ2) is 5.77. The summed E-state index contributed by atoms with van der Waals surface area (Å²) in [5.41, 5.74) is 0.360. The Balaban J connectivity index is 2.11. The maximum absolute atomic E-state index is 11.9. The molecule has 0 aromatic carbocycles. The maximum atomic E-state index is 11.9. The van der Waals surface area contributed by atoms with Crippen molar-refractivity contribution in [3.8, 4) is 0 Å². The number of nitrogens with zero attached hydrogens (tertiary/aromatic N) is 2. The summed E-state index contributed by atoms with van der Waals surface area (Å²) in [6.07, 6.45) is 1.62. The van der Waals surface area contributed by atoms with Gasteiger partial charge >= 0.3 is 0 Å². The molecule has 0 aliphatic rings. The number of carbonyl (C=O) groups is 1. The van der Waals surface area contributed by atoms with Crippen molar-refractivity contribution in [3.05, 3.63) is 48.3 Å². The lowest BCUT2D eigenvalue weighted by molar-refractivity contribution is 0.102. The van der Waals surface area contributed by atoms with Crippen LogP contribution in [0.3, 0.4) is 0 Å². The standard InChI is InChI=1S/C13H14N4O/c1-2-14-11-8-5-6-10(16-11)13(18)17-12-7-3-4-9-15-12/h3-9H,2H2,1H3,(H,14,16)(H,15,17,18). The fourth-order valence-electron chi connectivity index (χ4n) is 1.46. The van der Waals surface area contributed by atoms with Gasteiger partial charge in [-0.1, -0.05) is 12.1 Å². The van der Waals surface area contributed by atoms with Gasteiger partial charge in [-0.15, -0.1) is 0 Å². The zero-order chi connectivity index (χ0) is 12.8. The number of pyridine rings is 2. The zero-order valence-electron chi connectivity index (χ0n) is 10.1. The van der Waals surface area contributed by atoms with Gasteiger partial charge in [-0.2, -0.15) is 0 Å². The monoisotopic (exact) mass is 242 g/mol. The molecule has 0 radical (unpaired) electrons. The molecule has 0 unspecified atom stereocenters. The van der Waals surface area contributed by atoms with Crippen LogP contribution in [0.25, 0.3) is 0 Å². The van der Waals surface area contributed by atoms with Gasteiger partial charge in [0.05, 0.1) is 0 Å². The second-order valence-corrected chi connectivity index (χ2v) is 3.61. The molecule has 0 saturated carbocycles. The summed E-state index contributed by atoms with van der Waals surface area (Å²) in [7, 11) is 0. The first-order chi connectivity index (χ1) is 8.79. The first-order valence-corrected chi connectivity index (χ1v) is 5.73. The summed E-state index contributed by atoms with van der Waals surface area (Å²) >= 11 is 0. The molecule has 2 aromatic heterocycles. The fourth-order valence-corrected chi connectivity index (χ4v) is 1.46. The number of hydrogen-bond donors (Lipinski definition) is 2. The Morgan fingerprint density at radius 1 is 1.17 bits per heavy atom. The van der Waals surface area contributed by atoms with Gasteiger partial charge in [-0.25, -0.2) is 9.97 Å². The van der Waals surface area contributed by atoms with Gasteiger partial charge in [0.15, 0.2) is 0 Å². The number of nitrogens with one attached hydrogen (secondary N) is 2. The molecule has 2 heterocycles. The summed E-state index contributed by atoms with van der Waals surface area (Å²) in [5.74, 6) is 0.928. The van der Waals surface area contributed by atoms with Crippen molar-refractivity contribution in [1.82, 2.24) is 9.97 Å². The van der Waals surface area contributed by atoms with E-state index in [2.05, 4.69) is 20.6 Å². The van der Waals surface area contributed by atoms with E-state index in [4.69, 9.17) is 0 Å². The summed E-state index contributed by atoms with van der Waals surface area (Å²) in [6.45, 7) is 2.74. The van der Waals surface area contributed by atoms with Gasteiger partial charge in [-0.3, -0.25) is 4.79 Å². The Morgan fingerprint density at radius 2 is 2.00 bits per heavy atom. The summed E-state index contributed by atoms with van der Waals surface area (Å²) < 4.78 is 0. The van der Waals surface area contributed by atoms with Crippen LogP contribution in [0, 0.1) is 0 Å². The second-order valence-electron chi connectivity index (χ2n) is 3.61. The Labute approximate surface area is 105 Å². The average molecular weight is 242 g/mol. The van der Waals surface area contributed by atoms with Crippen molar-refractivity contribution in [3.63, 3.8) is 0 Å². The molecule has 2 N–H and O–H groups in total. The predicted molar refractivity (Wildman–Crippen MR) is 70.6 cm³/mol. The number of rotatable bonds is 4. The predicted octanol–water partition coefficient (Wildman–Crippen LogP) is 2.16. The largest absolute Gasteiger partial charge is 0.370 e. The van der Waals surface area contributed by atoms with Crippen LogP contribution in [0.5, 0.6) is 0 Å². The van der Waals surface area contributed by atoms with E-state index < -0.39 is 0 Å². The fraction of sp³-hybridized carbons (Fsp3) is 0.154. The molecule has 18 heavy (non-hydrogen) atoms. The molecule has 0 fully saturated rings. The molecule has 92 valence electrons. The van der Waals surface area contributed by atoms with Gasteiger partial charge in [0.25, 0.3) is 5.91 Å². The van der Waals surface area contributed by atoms with Crippen molar-refractivity contribution in [1.29, 1.82) is 0 Å². The quantitative estimate of drug-likeness (QED) is 0.862. The van der Waals surface area contributed by atoms with E-state index in [1.807, 2.05) is 19.1 Å². The van der Waals surface area contributed by atoms with Crippen LogP contribution < -0.4 is 10.6 Å². The van der Waals surface area contributed by atoms with Crippen molar-refractivity contribution in [2.75, 3.05) is 17.2 Å². The van der Waals surface area contributed by atoms with E-state index >= 15 is 0 Å². The van der Waals surface area contributed by atoms with Gasteiger partial charge in [-0.05, 0) is 31.2 Å². The van der Waals surface area contributed by atoms with Crippen LogP contribution >= 0.6 is 0 Å². The molecule has 1 amide bonds. The molecule has 2 rings (SSSR count). The molecule has 0 bridgehead atoms. The van der Waals surface area contributed by atoms with Crippen LogP contribution in [0.15, 0.2) is 42.6 Å².